The molecule has 0 radical (unpaired) electrons. The molecule has 0 heterocycles. The fraction of sp³-hybridized carbons (Fsp3) is 0.583. The van der Waals surface area contributed by atoms with Crippen LogP contribution in [0.1, 0.15) is 26.7 Å². The van der Waals surface area contributed by atoms with Crippen LogP contribution >= 0.6 is 0 Å². The minimum atomic E-state index is -1.02. The van der Waals surface area contributed by atoms with Crippen LogP contribution in [0.15, 0.2) is 23.8 Å². The number of hydrogen-bond acceptors (Lipinski definition) is 2. The Balaban J connectivity index is 2.65. The molecular weight excluding hydrogens is 195 g/mol. The summed E-state index contributed by atoms with van der Waals surface area (Å²) in [6.45, 7) is 7.73. The largest absolute Gasteiger partial charge is 0.463 e. The van der Waals surface area contributed by atoms with Crippen LogP contribution in [0.2, 0.25) is 0 Å². The first-order chi connectivity index (χ1) is 7.04. The Morgan fingerprint density at radius 2 is 2.33 bits per heavy atom. The topological polar surface area (TPSA) is 26.3 Å². The average Bonchev–Trinajstić information content (AvgIpc) is 2.14. The van der Waals surface area contributed by atoms with Gasteiger partial charge in [0, 0.05) is 12.5 Å². The molecule has 0 amide bonds. The molecule has 1 fully saturated rings. The Hall–Kier alpha value is -1.12. The van der Waals surface area contributed by atoms with Crippen molar-refractivity contribution in [3.8, 4) is 0 Å². The van der Waals surface area contributed by atoms with Crippen molar-refractivity contribution < 1.29 is 13.9 Å². The van der Waals surface area contributed by atoms with Crippen LogP contribution in [-0.2, 0) is 9.53 Å². The summed E-state index contributed by atoms with van der Waals surface area (Å²) in [5.41, 5.74) is 1.46. The van der Waals surface area contributed by atoms with Crippen molar-refractivity contribution >= 4 is 5.97 Å². The number of halogens is 1. The Morgan fingerprint density at radius 3 is 2.87 bits per heavy atom. The van der Waals surface area contributed by atoms with Crippen molar-refractivity contribution in [1.29, 1.82) is 0 Å². The molecule has 1 rings (SSSR count). The average molecular weight is 212 g/mol. The van der Waals surface area contributed by atoms with E-state index in [1.807, 2.05) is 6.92 Å². The van der Waals surface area contributed by atoms with Gasteiger partial charge in [0.1, 0.15) is 6.17 Å². The summed E-state index contributed by atoms with van der Waals surface area (Å²) in [6.07, 6.45) is 1.38. The van der Waals surface area contributed by atoms with Crippen molar-refractivity contribution in [3.63, 3.8) is 0 Å². The normalized spacial score (nSPS) is 29.3. The summed E-state index contributed by atoms with van der Waals surface area (Å²) in [5.74, 6) is -0.270. The molecule has 1 aliphatic rings. The van der Waals surface area contributed by atoms with Gasteiger partial charge in [-0.1, -0.05) is 19.1 Å². The van der Waals surface area contributed by atoms with Crippen molar-refractivity contribution in [3.05, 3.63) is 23.8 Å². The van der Waals surface area contributed by atoms with Gasteiger partial charge in [0.05, 0.1) is 6.61 Å². The molecule has 15 heavy (non-hydrogen) atoms. The summed E-state index contributed by atoms with van der Waals surface area (Å²) in [7, 11) is 0. The van der Waals surface area contributed by atoms with Crippen molar-refractivity contribution in [2.45, 2.75) is 32.9 Å². The molecule has 0 saturated heterocycles. The molecular formula is C12H17FO2. The lowest BCUT2D eigenvalue weighted by Crippen LogP contribution is -2.20. The smallest absolute Gasteiger partial charge is 0.330 e. The minimum Gasteiger partial charge on any atom is -0.463 e. The molecule has 0 aromatic rings. The van der Waals surface area contributed by atoms with Gasteiger partial charge >= 0.3 is 5.97 Å². The number of esters is 1. The first kappa shape index (κ1) is 12.0. The maximum absolute atomic E-state index is 13.4. The molecule has 0 bridgehead atoms. The third-order valence-corrected chi connectivity index (χ3v) is 2.65. The molecule has 2 nitrogen and oxygen atoms in total. The molecule has 84 valence electrons. The first-order valence-electron chi connectivity index (χ1n) is 5.23. The van der Waals surface area contributed by atoms with Crippen LogP contribution in [0.3, 0.4) is 0 Å². The highest BCUT2D eigenvalue weighted by atomic mass is 19.1. The van der Waals surface area contributed by atoms with Gasteiger partial charge < -0.3 is 4.74 Å². The van der Waals surface area contributed by atoms with Gasteiger partial charge in [-0.25, -0.2) is 9.18 Å². The zero-order valence-corrected chi connectivity index (χ0v) is 9.25. The SMILES string of the molecule is C=C1[C@H](C)C/C(=C/C(=O)OCC)C[C@@H]1F. The number of alkyl halides is 1. The van der Waals surface area contributed by atoms with Gasteiger partial charge in [0.2, 0.25) is 0 Å². The van der Waals surface area contributed by atoms with Crippen LogP contribution in [0.4, 0.5) is 4.39 Å². The van der Waals surface area contributed by atoms with Gasteiger partial charge in [-0.05, 0) is 24.8 Å². The van der Waals surface area contributed by atoms with Crippen LogP contribution in [0.5, 0.6) is 0 Å². The maximum atomic E-state index is 13.4. The molecule has 2 atom stereocenters. The molecule has 0 aromatic heterocycles. The van der Waals surface area contributed by atoms with Gasteiger partial charge in [-0.2, -0.15) is 0 Å². The zero-order valence-electron chi connectivity index (χ0n) is 9.25. The van der Waals surface area contributed by atoms with Crippen LogP contribution in [-0.4, -0.2) is 18.7 Å². The highest BCUT2D eigenvalue weighted by molar-refractivity contribution is 5.82. The van der Waals surface area contributed by atoms with E-state index < -0.39 is 6.17 Å². The summed E-state index contributed by atoms with van der Waals surface area (Å²) in [4.78, 5) is 11.2. The Labute approximate surface area is 89.8 Å². The summed E-state index contributed by atoms with van der Waals surface area (Å²) in [5, 5.41) is 0. The van der Waals surface area contributed by atoms with Crippen molar-refractivity contribution in [1.82, 2.24) is 0 Å². The maximum Gasteiger partial charge on any atom is 0.330 e. The Kier molecular flexibility index (Phi) is 4.06. The predicted octanol–water partition coefficient (Wildman–Crippen LogP) is 2.80. The second-order valence-electron chi connectivity index (χ2n) is 3.91. The molecule has 3 heteroatoms. The van der Waals surface area contributed by atoms with Crippen LogP contribution < -0.4 is 0 Å². The molecule has 1 saturated carbocycles. The number of ether oxygens (including phenoxy) is 1. The summed E-state index contributed by atoms with van der Waals surface area (Å²) >= 11 is 0. The molecule has 0 aliphatic heterocycles. The fourth-order valence-corrected chi connectivity index (χ4v) is 1.75. The predicted molar refractivity (Wildman–Crippen MR) is 57.2 cm³/mol. The summed E-state index contributed by atoms with van der Waals surface area (Å²) < 4.78 is 18.2. The first-order valence-corrected chi connectivity index (χ1v) is 5.23. The fourth-order valence-electron chi connectivity index (χ4n) is 1.75. The molecule has 1 aliphatic carbocycles. The van der Waals surface area contributed by atoms with E-state index in [9.17, 15) is 9.18 Å². The number of rotatable bonds is 2. The number of hydrogen-bond donors (Lipinski definition) is 0. The van der Waals surface area contributed by atoms with E-state index in [2.05, 4.69) is 6.58 Å². The van der Waals surface area contributed by atoms with E-state index in [0.717, 1.165) is 5.57 Å². The van der Waals surface area contributed by atoms with E-state index in [0.29, 0.717) is 18.6 Å². The third kappa shape index (κ3) is 3.18. The van der Waals surface area contributed by atoms with E-state index in [1.165, 1.54) is 6.08 Å². The molecule has 0 spiro atoms. The highest BCUT2D eigenvalue weighted by Gasteiger charge is 2.25. The van der Waals surface area contributed by atoms with E-state index in [4.69, 9.17) is 4.74 Å². The van der Waals surface area contributed by atoms with E-state index in [1.54, 1.807) is 6.92 Å². The second-order valence-corrected chi connectivity index (χ2v) is 3.91. The highest BCUT2D eigenvalue weighted by Crippen LogP contribution is 2.33. The molecule has 0 N–H and O–H groups in total. The van der Waals surface area contributed by atoms with Gasteiger partial charge in [-0.15, -0.1) is 0 Å². The lowest BCUT2D eigenvalue weighted by Gasteiger charge is -2.26. The van der Waals surface area contributed by atoms with Gasteiger partial charge in [0.25, 0.3) is 0 Å². The van der Waals surface area contributed by atoms with Gasteiger partial charge in [0.15, 0.2) is 0 Å². The monoisotopic (exact) mass is 212 g/mol. The van der Waals surface area contributed by atoms with E-state index >= 15 is 0 Å². The Bertz CT molecular complexity index is 278. The Morgan fingerprint density at radius 1 is 1.67 bits per heavy atom. The lowest BCUT2D eigenvalue weighted by molar-refractivity contribution is -0.137. The van der Waals surface area contributed by atoms with Gasteiger partial charge in [-0.3, -0.25) is 0 Å². The number of allylic oxidation sites excluding steroid dienone is 2. The lowest BCUT2D eigenvalue weighted by atomic mass is 9.82. The standard InChI is InChI=1S/C12H17FO2/c1-4-15-12(14)7-10-5-8(2)9(3)11(13)6-10/h7-8,11H,3-6H2,1-2H3/b10-7-/t8-,11+/m1/s1. The quantitative estimate of drug-likeness (QED) is 0.399. The molecule has 0 aromatic carbocycles. The van der Waals surface area contributed by atoms with Crippen molar-refractivity contribution in [2.24, 2.45) is 5.92 Å². The number of carbonyl (C=O) groups excluding carboxylic acids is 1. The third-order valence-electron chi connectivity index (χ3n) is 2.65. The van der Waals surface area contributed by atoms with E-state index in [-0.39, 0.29) is 18.3 Å². The molecule has 0 unspecified atom stereocenters. The number of carbonyl (C=O) groups is 1. The van der Waals surface area contributed by atoms with Crippen LogP contribution in [0, 0.1) is 5.92 Å². The zero-order chi connectivity index (χ0) is 11.4. The van der Waals surface area contributed by atoms with Crippen molar-refractivity contribution in [2.75, 3.05) is 6.61 Å². The second kappa shape index (κ2) is 5.10. The summed E-state index contributed by atoms with van der Waals surface area (Å²) in [6, 6.07) is 0. The van der Waals surface area contributed by atoms with Crippen LogP contribution in [0.25, 0.3) is 0 Å². The minimum absolute atomic E-state index is 0.106.